The summed E-state index contributed by atoms with van der Waals surface area (Å²) >= 11 is 0. The first-order chi connectivity index (χ1) is 13.5. The van der Waals surface area contributed by atoms with Gasteiger partial charge in [-0.1, -0.05) is 66.7 Å². The zero-order valence-electron chi connectivity index (χ0n) is 15.5. The lowest BCUT2D eigenvalue weighted by molar-refractivity contribution is 0.0939. The standard InChI is InChI=1S/C22H22N2O3S/c1-17(19-11-6-3-7-12-19)24-22(25)20-13-8-14-21(15-20)28(26,27)23-16-18-9-4-2-5-10-18/h2-15,17,23H,16H2,1H3,(H,24,25)/t17-/m0/s1. The normalized spacial score (nSPS) is 12.3. The van der Waals surface area contributed by atoms with E-state index in [1.807, 2.05) is 67.6 Å². The van der Waals surface area contributed by atoms with Crippen molar-refractivity contribution < 1.29 is 13.2 Å². The molecule has 0 spiro atoms. The summed E-state index contributed by atoms with van der Waals surface area (Å²) in [5, 5.41) is 2.89. The number of hydrogen-bond donors (Lipinski definition) is 2. The Morgan fingerprint density at radius 2 is 1.54 bits per heavy atom. The minimum atomic E-state index is -3.73. The largest absolute Gasteiger partial charge is 0.346 e. The van der Waals surface area contributed by atoms with Crippen LogP contribution in [0.4, 0.5) is 0 Å². The van der Waals surface area contributed by atoms with Crippen LogP contribution in [0, 0.1) is 0 Å². The third-order valence-electron chi connectivity index (χ3n) is 4.36. The maximum Gasteiger partial charge on any atom is 0.251 e. The number of hydrogen-bond acceptors (Lipinski definition) is 3. The first kappa shape index (κ1) is 19.8. The van der Waals surface area contributed by atoms with Gasteiger partial charge in [0.2, 0.25) is 10.0 Å². The highest BCUT2D eigenvalue weighted by Gasteiger charge is 2.17. The smallest absolute Gasteiger partial charge is 0.251 e. The zero-order chi connectivity index (χ0) is 20.0. The maximum absolute atomic E-state index is 12.6. The molecule has 0 unspecified atom stereocenters. The van der Waals surface area contributed by atoms with Gasteiger partial charge < -0.3 is 5.32 Å². The average molecular weight is 394 g/mol. The molecule has 28 heavy (non-hydrogen) atoms. The van der Waals surface area contributed by atoms with Crippen LogP contribution in [-0.4, -0.2) is 14.3 Å². The number of carbonyl (C=O) groups is 1. The topological polar surface area (TPSA) is 75.3 Å². The molecule has 0 aliphatic rings. The van der Waals surface area contributed by atoms with E-state index in [-0.39, 0.29) is 23.4 Å². The Labute approximate surface area is 165 Å². The van der Waals surface area contributed by atoms with Gasteiger partial charge in [-0.15, -0.1) is 0 Å². The highest BCUT2D eigenvalue weighted by atomic mass is 32.2. The van der Waals surface area contributed by atoms with Crippen molar-refractivity contribution in [3.63, 3.8) is 0 Å². The van der Waals surface area contributed by atoms with E-state index in [2.05, 4.69) is 10.0 Å². The van der Waals surface area contributed by atoms with Gasteiger partial charge in [0.25, 0.3) is 5.91 Å². The lowest BCUT2D eigenvalue weighted by Gasteiger charge is -2.15. The van der Waals surface area contributed by atoms with Crippen LogP contribution in [0.2, 0.25) is 0 Å². The van der Waals surface area contributed by atoms with Crippen molar-refractivity contribution in [2.45, 2.75) is 24.4 Å². The Kier molecular flexibility index (Phi) is 6.23. The SMILES string of the molecule is C[C@H](NC(=O)c1cccc(S(=O)(=O)NCc2ccccc2)c1)c1ccccc1. The molecule has 0 fully saturated rings. The maximum atomic E-state index is 12.6. The number of sulfonamides is 1. The van der Waals surface area contributed by atoms with Gasteiger partial charge in [-0.05, 0) is 36.2 Å². The van der Waals surface area contributed by atoms with Gasteiger partial charge in [0, 0.05) is 12.1 Å². The number of benzene rings is 3. The Hall–Kier alpha value is -2.96. The van der Waals surface area contributed by atoms with E-state index in [4.69, 9.17) is 0 Å². The number of amides is 1. The van der Waals surface area contributed by atoms with Crippen LogP contribution in [0.25, 0.3) is 0 Å². The molecule has 0 aliphatic carbocycles. The second-order valence-electron chi connectivity index (χ2n) is 6.44. The van der Waals surface area contributed by atoms with E-state index in [1.54, 1.807) is 12.1 Å². The molecule has 0 bridgehead atoms. The lowest BCUT2D eigenvalue weighted by Crippen LogP contribution is -2.27. The molecule has 1 atom stereocenters. The Bertz CT molecular complexity index is 1040. The average Bonchev–Trinajstić information content (AvgIpc) is 2.74. The van der Waals surface area contributed by atoms with E-state index in [0.717, 1.165) is 11.1 Å². The molecule has 3 aromatic carbocycles. The Balaban J connectivity index is 1.71. The summed E-state index contributed by atoms with van der Waals surface area (Å²) in [5.41, 5.74) is 2.13. The molecule has 0 aliphatic heterocycles. The molecule has 3 aromatic rings. The molecular formula is C22H22N2O3S. The molecule has 0 radical (unpaired) electrons. The molecule has 144 valence electrons. The lowest BCUT2D eigenvalue weighted by atomic mass is 10.1. The summed E-state index contributed by atoms with van der Waals surface area (Å²) in [7, 11) is -3.73. The molecule has 0 saturated heterocycles. The molecule has 1 amide bonds. The summed E-state index contributed by atoms with van der Waals surface area (Å²) in [6.07, 6.45) is 0. The van der Waals surface area contributed by atoms with Crippen LogP contribution in [-0.2, 0) is 16.6 Å². The van der Waals surface area contributed by atoms with Gasteiger partial charge in [-0.25, -0.2) is 13.1 Å². The summed E-state index contributed by atoms with van der Waals surface area (Å²) in [4.78, 5) is 12.6. The third-order valence-corrected chi connectivity index (χ3v) is 5.76. The first-order valence-corrected chi connectivity index (χ1v) is 10.4. The molecule has 0 saturated carbocycles. The van der Waals surface area contributed by atoms with Gasteiger partial charge in [-0.3, -0.25) is 4.79 Å². The monoisotopic (exact) mass is 394 g/mol. The Morgan fingerprint density at radius 3 is 2.21 bits per heavy atom. The van der Waals surface area contributed by atoms with E-state index < -0.39 is 10.0 Å². The predicted molar refractivity (Wildman–Crippen MR) is 109 cm³/mol. The van der Waals surface area contributed by atoms with Crippen molar-refractivity contribution in [1.29, 1.82) is 0 Å². The van der Waals surface area contributed by atoms with Crippen LogP contribution in [0.5, 0.6) is 0 Å². The minimum absolute atomic E-state index is 0.0587. The fourth-order valence-electron chi connectivity index (χ4n) is 2.77. The highest BCUT2D eigenvalue weighted by Crippen LogP contribution is 2.15. The van der Waals surface area contributed by atoms with Gasteiger partial charge in [-0.2, -0.15) is 0 Å². The van der Waals surface area contributed by atoms with E-state index in [0.29, 0.717) is 5.56 Å². The van der Waals surface area contributed by atoms with E-state index >= 15 is 0 Å². The van der Waals surface area contributed by atoms with Crippen molar-refractivity contribution in [2.24, 2.45) is 0 Å². The summed E-state index contributed by atoms with van der Waals surface area (Å²) < 4.78 is 27.7. The van der Waals surface area contributed by atoms with E-state index in [9.17, 15) is 13.2 Å². The second-order valence-corrected chi connectivity index (χ2v) is 8.21. The number of nitrogens with one attached hydrogen (secondary N) is 2. The van der Waals surface area contributed by atoms with Crippen molar-refractivity contribution in [1.82, 2.24) is 10.0 Å². The van der Waals surface area contributed by atoms with Crippen LogP contribution < -0.4 is 10.0 Å². The molecular weight excluding hydrogens is 372 g/mol. The van der Waals surface area contributed by atoms with E-state index in [1.165, 1.54) is 12.1 Å². The van der Waals surface area contributed by atoms with Crippen LogP contribution in [0.3, 0.4) is 0 Å². The summed E-state index contributed by atoms with van der Waals surface area (Å²) in [6.45, 7) is 2.07. The molecule has 6 heteroatoms. The molecule has 5 nitrogen and oxygen atoms in total. The van der Waals surface area contributed by atoms with Crippen molar-refractivity contribution in [3.8, 4) is 0 Å². The van der Waals surface area contributed by atoms with Gasteiger partial charge in [0.1, 0.15) is 0 Å². The zero-order valence-corrected chi connectivity index (χ0v) is 16.3. The minimum Gasteiger partial charge on any atom is -0.346 e. The van der Waals surface area contributed by atoms with Gasteiger partial charge in [0.05, 0.1) is 10.9 Å². The molecule has 0 aromatic heterocycles. The second kappa shape index (κ2) is 8.82. The quantitative estimate of drug-likeness (QED) is 0.642. The van der Waals surface area contributed by atoms with Crippen LogP contribution >= 0.6 is 0 Å². The first-order valence-electron chi connectivity index (χ1n) is 8.95. The highest BCUT2D eigenvalue weighted by molar-refractivity contribution is 7.89. The van der Waals surface area contributed by atoms with Crippen molar-refractivity contribution in [2.75, 3.05) is 0 Å². The fraction of sp³-hybridized carbons (Fsp3) is 0.136. The molecule has 3 rings (SSSR count). The third kappa shape index (κ3) is 5.06. The van der Waals surface area contributed by atoms with Gasteiger partial charge >= 0.3 is 0 Å². The molecule has 2 N–H and O–H groups in total. The molecule has 0 heterocycles. The van der Waals surface area contributed by atoms with Gasteiger partial charge in [0.15, 0.2) is 0 Å². The van der Waals surface area contributed by atoms with Crippen LogP contribution in [0.15, 0.2) is 89.8 Å². The van der Waals surface area contributed by atoms with Crippen LogP contribution in [0.1, 0.15) is 34.5 Å². The summed E-state index contributed by atoms with van der Waals surface area (Å²) in [5.74, 6) is -0.323. The van der Waals surface area contributed by atoms with Crippen molar-refractivity contribution >= 4 is 15.9 Å². The summed E-state index contributed by atoms with van der Waals surface area (Å²) in [6, 6.07) is 24.7. The number of rotatable bonds is 7. The van der Waals surface area contributed by atoms with Crippen molar-refractivity contribution in [3.05, 3.63) is 102 Å². The number of carbonyl (C=O) groups excluding carboxylic acids is 1. The fourth-order valence-corrected chi connectivity index (χ4v) is 3.83. The predicted octanol–water partition coefficient (Wildman–Crippen LogP) is 3.66. The Morgan fingerprint density at radius 1 is 0.893 bits per heavy atom.